The topological polar surface area (TPSA) is 78.9 Å². The van der Waals surface area contributed by atoms with E-state index in [1.165, 1.54) is 0 Å². The molecule has 0 aliphatic rings. The molecule has 3 atom stereocenters. The molecule has 1 rings (SSSR count). The molecule has 3 unspecified atom stereocenters. The lowest BCUT2D eigenvalue weighted by atomic mass is 9.94. The summed E-state index contributed by atoms with van der Waals surface area (Å²) in [6, 6.07) is 11.2. The molecule has 4 nitrogen and oxygen atoms in total. The lowest BCUT2D eigenvalue weighted by Gasteiger charge is -2.22. The minimum Gasteiger partial charge on any atom is -0.352 e. The van der Waals surface area contributed by atoms with Crippen LogP contribution in [0.3, 0.4) is 0 Å². The highest BCUT2D eigenvalue weighted by Crippen LogP contribution is 2.19. The van der Waals surface area contributed by atoms with Gasteiger partial charge in [-0.15, -0.1) is 0 Å². The van der Waals surface area contributed by atoms with Crippen LogP contribution in [-0.2, 0) is 4.79 Å². The molecule has 1 aromatic rings. The fourth-order valence-corrected chi connectivity index (χ4v) is 1.87. The Bertz CT molecular complexity index is 438. The first-order valence-corrected chi connectivity index (χ1v) is 6.58. The largest absolute Gasteiger partial charge is 0.352 e. The van der Waals surface area contributed by atoms with Gasteiger partial charge < -0.3 is 11.1 Å². The molecule has 1 aromatic carbocycles. The van der Waals surface area contributed by atoms with E-state index in [0.29, 0.717) is 6.42 Å². The molecule has 0 aliphatic heterocycles. The highest BCUT2D eigenvalue weighted by Gasteiger charge is 2.23. The number of hydrogen-bond acceptors (Lipinski definition) is 3. The number of nitrogens with one attached hydrogen (secondary N) is 1. The van der Waals surface area contributed by atoms with Gasteiger partial charge in [0.15, 0.2) is 0 Å². The Morgan fingerprint density at radius 1 is 1.42 bits per heavy atom. The number of rotatable bonds is 6. The summed E-state index contributed by atoms with van der Waals surface area (Å²) < 4.78 is 0. The van der Waals surface area contributed by atoms with Crippen LogP contribution >= 0.6 is 0 Å². The molecule has 0 radical (unpaired) electrons. The smallest absolute Gasteiger partial charge is 0.224 e. The van der Waals surface area contributed by atoms with Crippen LogP contribution < -0.4 is 11.1 Å². The molecule has 102 valence electrons. The minimum absolute atomic E-state index is 0.0945. The molecule has 0 aromatic heterocycles. The molecule has 0 bridgehead atoms. The highest BCUT2D eigenvalue weighted by atomic mass is 16.1. The van der Waals surface area contributed by atoms with Crippen molar-refractivity contribution in [1.29, 1.82) is 5.26 Å². The fourth-order valence-electron chi connectivity index (χ4n) is 1.87. The molecule has 3 N–H and O–H groups in total. The summed E-state index contributed by atoms with van der Waals surface area (Å²) in [4.78, 5) is 12.1. The van der Waals surface area contributed by atoms with Crippen molar-refractivity contribution in [1.82, 2.24) is 5.32 Å². The number of carbonyl (C=O) groups excluding carboxylic acids is 1. The van der Waals surface area contributed by atoms with Crippen LogP contribution in [0.5, 0.6) is 0 Å². The fraction of sp³-hybridized carbons (Fsp3) is 0.467. The van der Waals surface area contributed by atoms with E-state index in [-0.39, 0.29) is 23.9 Å². The van der Waals surface area contributed by atoms with Crippen molar-refractivity contribution in [3.05, 3.63) is 35.9 Å². The van der Waals surface area contributed by atoms with Gasteiger partial charge in [0.2, 0.25) is 5.91 Å². The summed E-state index contributed by atoms with van der Waals surface area (Å²) in [5.41, 5.74) is 7.05. The standard InChI is InChI=1S/C15H21N3O/c1-3-13(9-10-16)18-15(19)11(2)14(17)12-7-5-4-6-8-12/h4-8,11,13-14H,3,9,17H2,1-2H3,(H,18,19). The van der Waals surface area contributed by atoms with Gasteiger partial charge >= 0.3 is 0 Å². The number of carbonyl (C=O) groups is 1. The third-order valence-corrected chi connectivity index (χ3v) is 3.31. The maximum atomic E-state index is 12.1. The van der Waals surface area contributed by atoms with E-state index in [0.717, 1.165) is 12.0 Å². The number of amides is 1. The molecule has 0 spiro atoms. The second-order valence-corrected chi connectivity index (χ2v) is 4.70. The van der Waals surface area contributed by atoms with E-state index >= 15 is 0 Å². The van der Waals surface area contributed by atoms with E-state index in [4.69, 9.17) is 11.0 Å². The maximum Gasteiger partial charge on any atom is 0.224 e. The Morgan fingerprint density at radius 2 is 2.05 bits per heavy atom. The number of hydrogen-bond donors (Lipinski definition) is 2. The molecule has 0 aliphatic carbocycles. The minimum atomic E-state index is -0.333. The number of nitrogens with zero attached hydrogens (tertiary/aromatic N) is 1. The van der Waals surface area contributed by atoms with Gasteiger partial charge in [-0.25, -0.2) is 0 Å². The first-order chi connectivity index (χ1) is 9.10. The predicted molar refractivity (Wildman–Crippen MR) is 75.0 cm³/mol. The van der Waals surface area contributed by atoms with Crippen LogP contribution in [0.15, 0.2) is 30.3 Å². The Labute approximate surface area is 114 Å². The Kier molecular flexibility index (Phi) is 6.04. The van der Waals surface area contributed by atoms with Crippen LogP contribution in [0.2, 0.25) is 0 Å². The number of nitriles is 1. The second-order valence-electron chi connectivity index (χ2n) is 4.70. The van der Waals surface area contributed by atoms with Crippen LogP contribution in [0, 0.1) is 17.2 Å². The highest BCUT2D eigenvalue weighted by molar-refractivity contribution is 5.79. The summed E-state index contributed by atoms with van der Waals surface area (Å²) in [7, 11) is 0. The summed E-state index contributed by atoms with van der Waals surface area (Å²) in [6.45, 7) is 3.76. The van der Waals surface area contributed by atoms with E-state index in [2.05, 4.69) is 11.4 Å². The van der Waals surface area contributed by atoms with Crippen molar-refractivity contribution in [2.75, 3.05) is 0 Å². The molecule has 0 fully saturated rings. The quantitative estimate of drug-likeness (QED) is 0.821. The average molecular weight is 259 g/mol. The number of nitrogens with two attached hydrogens (primary N) is 1. The van der Waals surface area contributed by atoms with E-state index < -0.39 is 0 Å². The zero-order chi connectivity index (χ0) is 14.3. The van der Waals surface area contributed by atoms with Crippen molar-refractivity contribution >= 4 is 5.91 Å². The van der Waals surface area contributed by atoms with Crippen LogP contribution in [0.1, 0.15) is 38.3 Å². The summed E-state index contributed by atoms with van der Waals surface area (Å²) in [5, 5.41) is 11.6. The summed E-state index contributed by atoms with van der Waals surface area (Å²) in [6.07, 6.45) is 1.07. The van der Waals surface area contributed by atoms with Gasteiger partial charge in [0, 0.05) is 12.1 Å². The van der Waals surface area contributed by atoms with Gasteiger partial charge in [-0.2, -0.15) is 5.26 Å². The van der Waals surface area contributed by atoms with Crippen molar-refractivity contribution in [3.63, 3.8) is 0 Å². The van der Waals surface area contributed by atoms with Gasteiger partial charge in [0.05, 0.1) is 18.4 Å². The molecular weight excluding hydrogens is 238 g/mol. The zero-order valence-electron chi connectivity index (χ0n) is 11.5. The maximum absolute atomic E-state index is 12.1. The van der Waals surface area contributed by atoms with Gasteiger partial charge in [-0.05, 0) is 12.0 Å². The van der Waals surface area contributed by atoms with Gasteiger partial charge in [0.25, 0.3) is 0 Å². The number of benzene rings is 1. The van der Waals surface area contributed by atoms with Crippen LogP contribution in [0.25, 0.3) is 0 Å². The first kappa shape index (κ1) is 15.2. The summed E-state index contributed by atoms with van der Waals surface area (Å²) in [5.74, 6) is -0.423. The summed E-state index contributed by atoms with van der Waals surface area (Å²) >= 11 is 0. The lowest BCUT2D eigenvalue weighted by molar-refractivity contribution is -0.125. The van der Waals surface area contributed by atoms with Crippen LogP contribution in [-0.4, -0.2) is 11.9 Å². The molecule has 19 heavy (non-hydrogen) atoms. The Hall–Kier alpha value is -1.86. The second kappa shape index (κ2) is 7.55. The monoisotopic (exact) mass is 259 g/mol. The van der Waals surface area contributed by atoms with Crippen molar-refractivity contribution in [2.24, 2.45) is 11.7 Å². The Balaban J connectivity index is 2.64. The molecule has 1 amide bonds. The normalized spacial score (nSPS) is 15.1. The zero-order valence-corrected chi connectivity index (χ0v) is 11.5. The molecular formula is C15H21N3O. The molecule has 0 saturated heterocycles. The van der Waals surface area contributed by atoms with Crippen molar-refractivity contribution in [2.45, 2.75) is 38.8 Å². The third-order valence-electron chi connectivity index (χ3n) is 3.31. The van der Waals surface area contributed by atoms with Crippen molar-refractivity contribution < 1.29 is 4.79 Å². The van der Waals surface area contributed by atoms with Gasteiger partial charge in [-0.1, -0.05) is 44.2 Å². The van der Waals surface area contributed by atoms with Gasteiger partial charge in [-0.3, -0.25) is 4.79 Å². The van der Waals surface area contributed by atoms with Crippen molar-refractivity contribution in [3.8, 4) is 6.07 Å². The SMILES string of the molecule is CCC(CC#N)NC(=O)C(C)C(N)c1ccccc1. The van der Waals surface area contributed by atoms with Crippen LogP contribution in [0.4, 0.5) is 0 Å². The molecule has 0 saturated carbocycles. The first-order valence-electron chi connectivity index (χ1n) is 6.58. The predicted octanol–water partition coefficient (Wildman–Crippen LogP) is 2.13. The van der Waals surface area contributed by atoms with Gasteiger partial charge in [0.1, 0.15) is 0 Å². The van der Waals surface area contributed by atoms with E-state index in [9.17, 15) is 4.79 Å². The van der Waals surface area contributed by atoms with E-state index in [1.54, 1.807) is 0 Å². The van der Waals surface area contributed by atoms with E-state index in [1.807, 2.05) is 44.2 Å². The Morgan fingerprint density at radius 3 is 2.58 bits per heavy atom. The molecule has 4 heteroatoms. The molecule has 0 heterocycles. The lowest BCUT2D eigenvalue weighted by Crippen LogP contribution is -2.41. The third kappa shape index (κ3) is 4.38. The average Bonchev–Trinajstić information content (AvgIpc) is 2.45.